The highest BCUT2D eigenvalue weighted by Gasteiger charge is 2.18. The van der Waals surface area contributed by atoms with Gasteiger partial charge in [0.2, 0.25) is 0 Å². The lowest BCUT2D eigenvalue weighted by Crippen LogP contribution is -2.10. The molecule has 0 fully saturated rings. The molecule has 0 atom stereocenters. The van der Waals surface area contributed by atoms with E-state index in [0.717, 1.165) is 11.4 Å². The van der Waals surface area contributed by atoms with Crippen LogP contribution in [0.3, 0.4) is 0 Å². The summed E-state index contributed by atoms with van der Waals surface area (Å²) in [7, 11) is 1.85. The zero-order valence-electron chi connectivity index (χ0n) is 18.3. The molecule has 2 aromatic heterocycles. The van der Waals surface area contributed by atoms with Crippen LogP contribution in [0.2, 0.25) is 5.02 Å². The molecule has 0 N–H and O–H groups in total. The third kappa shape index (κ3) is 5.58. The minimum atomic E-state index is 0.0188. The Morgan fingerprint density at radius 1 is 1.00 bits per heavy atom. The Balaban J connectivity index is 1.53. The van der Waals surface area contributed by atoms with Crippen molar-refractivity contribution in [2.45, 2.75) is 18.7 Å². The van der Waals surface area contributed by atoms with Crippen molar-refractivity contribution in [3.8, 4) is 17.2 Å². The molecule has 9 heteroatoms. The van der Waals surface area contributed by atoms with Crippen molar-refractivity contribution in [3.63, 3.8) is 0 Å². The third-order valence-corrected chi connectivity index (χ3v) is 6.03. The molecule has 0 spiro atoms. The maximum atomic E-state index is 12.6. The molecule has 0 aliphatic rings. The molecular formula is C24H23ClN4O3S. The molecule has 4 aromatic rings. The first-order valence-electron chi connectivity index (χ1n) is 10.4. The van der Waals surface area contributed by atoms with Crippen molar-refractivity contribution in [1.29, 1.82) is 0 Å². The minimum absolute atomic E-state index is 0.0188. The van der Waals surface area contributed by atoms with Crippen LogP contribution >= 0.6 is 23.4 Å². The summed E-state index contributed by atoms with van der Waals surface area (Å²) in [5, 5.41) is 9.89. The number of hydrogen-bond acceptors (Lipinski definition) is 6. The van der Waals surface area contributed by atoms with Gasteiger partial charge < -0.3 is 14.0 Å². The highest BCUT2D eigenvalue weighted by molar-refractivity contribution is 7.99. The van der Waals surface area contributed by atoms with Crippen LogP contribution in [0.4, 0.5) is 0 Å². The van der Waals surface area contributed by atoms with Crippen molar-refractivity contribution >= 4 is 29.1 Å². The number of nitrogens with zero attached hydrogens (tertiary/aromatic N) is 4. The van der Waals surface area contributed by atoms with E-state index in [4.69, 9.17) is 21.1 Å². The fourth-order valence-electron chi connectivity index (χ4n) is 3.24. The summed E-state index contributed by atoms with van der Waals surface area (Å²) in [6, 6.07) is 18.5. The summed E-state index contributed by atoms with van der Waals surface area (Å²) < 4.78 is 15.1. The smallest absolute Gasteiger partial charge is 0.196 e. The van der Waals surface area contributed by atoms with Crippen LogP contribution in [0.5, 0.6) is 11.5 Å². The quantitative estimate of drug-likeness (QED) is 0.228. The van der Waals surface area contributed by atoms with Gasteiger partial charge in [-0.2, -0.15) is 0 Å². The predicted octanol–water partition coefficient (Wildman–Crippen LogP) is 5.21. The van der Waals surface area contributed by atoms with E-state index >= 15 is 0 Å². The highest BCUT2D eigenvalue weighted by atomic mass is 35.5. The van der Waals surface area contributed by atoms with E-state index in [9.17, 15) is 4.79 Å². The number of hydrogen-bond donors (Lipinski definition) is 0. The molecule has 0 saturated heterocycles. The number of carbonyl (C=O) groups is 1. The zero-order valence-corrected chi connectivity index (χ0v) is 19.8. The first kappa shape index (κ1) is 22.9. The van der Waals surface area contributed by atoms with E-state index in [1.54, 1.807) is 12.1 Å². The van der Waals surface area contributed by atoms with Crippen LogP contribution in [0.1, 0.15) is 23.2 Å². The van der Waals surface area contributed by atoms with E-state index in [0.29, 0.717) is 34.1 Å². The molecule has 0 amide bonds. The number of ketones is 1. The fourth-order valence-corrected chi connectivity index (χ4v) is 4.21. The Morgan fingerprint density at radius 2 is 1.70 bits per heavy atom. The maximum Gasteiger partial charge on any atom is 0.196 e. The van der Waals surface area contributed by atoms with Crippen molar-refractivity contribution in [2.24, 2.45) is 7.05 Å². The van der Waals surface area contributed by atoms with Gasteiger partial charge in [-0.25, -0.2) is 0 Å². The molecular weight excluding hydrogens is 460 g/mol. The molecule has 0 aliphatic carbocycles. The summed E-state index contributed by atoms with van der Waals surface area (Å²) >= 11 is 7.41. The van der Waals surface area contributed by atoms with E-state index in [-0.39, 0.29) is 18.1 Å². The number of ether oxygens (including phenoxy) is 2. The van der Waals surface area contributed by atoms with Crippen molar-refractivity contribution in [3.05, 3.63) is 83.4 Å². The van der Waals surface area contributed by atoms with Crippen molar-refractivity contribution < 1.29 is 14.3 Å². The Kier molecular flexibility index (Phi) is 7.36. The molecule has 4 rings (SSSR count). The van der Waals surface area contributed by atoms with E-state index < -0.39 is 0 Å². The summed E-state index contributed by atoms with van der Waals surface area (Å²) in [4.78, 5) is 12.6. The Bertz CT molecular complexity index is 1220. The normalized spacial score (nSPS) is 10.9. The van der Waals surface area contributed by atoms with Gasteiger partial charge in [-0.15, -0.1) is 10.2 Å². The summed E-state index contributed by atoms with van der Waals surface area (Å²) in [6.07, 6.45) is 1.85. The van der Waals surface area contributed by atoms with Crippen LogP contribution in [0.15, 0.2) is 72.0 Å². The standard InChI is InChI=1S/C24H23ClN4O3S/c1-3-31-19-10-12-20(13-11-19)32-15-23-26-27-24(29(23)18-8-6-17(25)7-9-18)33-16-22(30)21-5-4-14-28(21)2/h4-14H,3,15-16H2,1-2H3. The number of aromatic nitrogens is 4. The fraction of sp³-hybridized carbons (Fsp3) is 0.208. The molecule has 0 bridgehead atoms. The van der Waals surface area contributed by atoms with Crippen LogP contribution in [-0.2, 0) is 13.7 Å². The second kappa shape index (κ2) is 10.6. The first-order chi connectivity index (χ1) is 16.0. The van der Waals surface area contributed by atoms with Gasteiger partial charge in [-0.1, -0.05) is 23.4 Å². The Hall–Kier alpha value is -3.23. The van der Waals surface area contributed by atoms with Gasteiger partial charge in [0, 0.05) is 24.0 Å². The Labute approximate surface area is 201 Å². The summed E-state index contributed by atoms with van der Waals surface area (Å²) in [5.41, 5.74) is 1.49. The van der Waals surface area contributed by atoms with Crippen LogP contribution < -0.4 is 9.47 Å². The molecule has 170 valence electrons. The number of benzene rings is 2. The SMILES string of the molecule is CCOc1ccc(OCc2nnc(SCC(=O)c3cccn3C)n2-c2ccc(Cl)cc2)cc1. The van der Waals surface area contributed by atoms with E-state index in [1.807, 2.05) is 77.8 Å². The lowest BCUT2D eigenvalue weighted by molar-refractivity contribution is 0.101. The average molecular weight is 483 g/mol. The molecule has 0 radical (unpaired) electrons. The number of rotatable bonds is 10. The van der Waals surface area contributed by atoms with Crippen LogP contribution in [-0.4, -0.2) is 37.5 Å². The number of halogens is 1. The van der Waals surface area contributed by atoms with Gasteiger partial charge >= 0.3 is 0 Å². The number of carbonyl (C=O) groups excluding carboxylic acids is 1. The van der Waals surface area contributed by atoms with Crippen LogP contribution in [0, 0.1) is 0 Å². The monoisotopic (exact) mass is 482 g/mol. The summed E-state index contributed by atoms with van der Waals surface area (Å²) in [5.74, 6) is 2.35. The van der Waals surface area contributed by atoms with Gasteiger partial charge in [0.1, 0.15) is 18.1 Å². The molecule has 2 heterocycles. The Morgan fingerprint density at radius 3 is 2.33 bits per heavy atom. The second-order valence-electron chi connectivity index (χ2n) is 7.12. The average Bonchev–Trinajstić information content (AvgIpc) is 3.44. The number of aryl methyl sites for hydroxylation is 1. The largest absolute Gasteiger partial charge is 0.494 e. The topological polar surface area (TPSA) is 71.2 Å². The highest BCUT2D eigenvalue weighted by Crippen LogP contribution is 2.25. The third-order valence-electron chi connectivity index (χ3n) is 4.85. The molecule has 7 nitrogen and oxygen atoms in total. The lowest BCUT2D eigenvalue weighted by atomic mass is 10.3. The maximum absolute atomic E-state index is 12.6. The number of Topliss-reactive ketones (excluding diaryl/α,β-unsaturated/α-hetero) is 1. The van der Waals surface area contributed by atoms with Gasteiger partial charge in [0.05, 0.1) is 18.1 Å². The first-order valence-corrected chi connectivity index (χ1v) is 11.7. The van der Waals surface area contributed by atoms with Crippen molar-refractivity contribution in [1.82, 2.24) is 19.3 Å². The van der Waals surface area contributed by atoms with E-state index in [1.165, 1.54) is 11.8 Å². The molecule has 0 unspecified atom stereocenters. The molecule has 0 aliphatic heterocycles. The lowest BCUT2D eigenvalue weighted by Gasteiger charge is -2.12. The second-order valence-corrected chi connectivity index (χ2v) is 8.50. The number of thioether (sulfide) groups is 1. The van der Waals surface area contributed by atoms with Gasteiger partial charge in [-0.3, -0.25) is 9.36 Å². The molecule has 0 saturated carbocycles. The minimum Gasteiger partial charge on any atom is -0.494 e. The summed E-state index contributed by atoms with van der Waals surface area (Å²) in [6.45, 7) is 2.75. The van der Waals surface area contributed by atoms with Gasteiger partial charge in [0.25, 0.3) is 0 Å². The molecule has 33 heavy (non-hydrogen) atoms. The predicted molar refractivity (Wildman–Crippen MR) is 129 cm³/mol. The zero-order chi connectivity index (χ0) is 23.2. The van der Waals surface area contributed by atoms with E-state index in [2.05, 4.69) is 10.2 Å². The van der Waals surface area contributed by atoms with Gasteiger partial charge in [0.15, 0.2) is 16.8 Å². The molecule has 2 aromatic carbocycles. The van der Waals surface area contributed by atoms with Crippen molar-refractivity contribution in [2.75, 3.05) is 12.4 Å². The van der Waals surface area contributed by atoms with Crippen LogP contribution in [0.25, 0.3) is 5.69 Å². The van der Waals surface area contributed by atoms with Gasteiger partial charge in [-0.05, 0) is 67.6 Å².